The largest absolute Gasteiger partial charge is 0.359 e. The Morgan fingerprint density at radius 3 is 2.52 bits per heavy atom. The number of hydrogen-bond acceptors (Lipinski definition) is 3. The number of nitrogens with zero attached hydrogens (tertiary/aromatic N) is 2. The Hall–Kier alpha value is -2.11. The van der Waals surface area contributed by atoms with Crippen LogP contribution in [-0.2, 0) is 17.8 Å². The first-order valence-corrected chi connectivity index (χ1v) is 9.17. The Labute approximate surface area is 150 Å². The van der Waals surface area contributed by atoms with Crippen LogP contribution in [0.15, 0.2) is 18.3 Å². The second kappa shape index (κ2) is 9.39. The summed E-state index contributed by atoms with van der Waals surface area (Å²) in [5.74, 6) is 0.737. The number of carbonyl (C=O) groups is 2. The molecular formula is C19H30N4O2. The number of aromatic nitrogens is 1. The zero-order chi connectivity index (χ0) is 18.2. The molecule has 0 spiro atoms. The SMILES string of the molecule is CCc1ccc(CN(C)C(=O)NCC2CCC(C(=O)NC)CC2)nc1. The van der Waals surface area contributed by atoms with Crippen LogP contribution in [0.4, 0.5) is 4.79 Å². The zero-order valence-corrected chi connectivity index (χ0v) is 15.5. The maximum atomic E-state index is 12.3. The van der Waals surface area contributed by atoms with Gasteiger partial charge in [0, 0.05) is 32.8 Å². The lowest BCUT2D eigenvalue weighted by molar-refractivity contribution is -0.125. The molecule has 0 saturated heterocycles. The third kappa shape index (κ3) is 5.73. The summed E-state index contributed by atoms with van der Waals surface area (Å²) in [7, 11) is 3.47. The second-order valence-electron chi connectivity index (χ2n) is 6.89. The van der Waals surface area contributed by atoms with Gasteiger partial charge in [0.2, 0.25) is 5.91 Å². The van der Waals surface area contributed by atoms with Crippen molar-refractivity contribution >= 4 is 11.9 Å². The average molecular weight is 346 g/mol. The third-order valence-corrected chi connectivity index (χ3v) is 5.05. The van der Waals surface area contributed by atoms with Crippen molar-refractivity contribution in [2.45, 2.75) is 45.6 Å². The van der Waals surface area contributed by atoms with Crippen LogP contribution in [0.5, 0.6) is 0 Å². The molecule has 3 amide bonds. The topological polar surface area (TPSA) is 74.3 Å². The third-order valence-electron chi connectivity index (χ3n) is 5.05. The fourth-order valence-electron chi connectivity index (χ4n) is 3.27. The van der Waals surface area contributed by atoms with E-state index in [1.807, 2.05) is 12.3 Å². The summed E-state index contributed by atoms with van der Waals surface area (Å²) >= 11 is 0. The molecule has 1 fully saturated rings. The van der Waals surface area contributed by atoms with E-state index >= 15 is 0 Å². The summed E-state index contributed by atoms with van der Waals surface area (Å²) in [6.45, 7) is 3.27. The molecule has 1 heterocycles. The van der Waals surface area contributed by atoms with Gasteiger partial charge in [0.05, 0.1) is 12.2 Å². The number of urea groups is 1. The highest BCUT2D eigenvalue weighted by Crippen LogP contribution is 2.28. The quantitative estimate of drug-likeness (QED) is 0.830. The summed E-state index contributed by atoms with van der Waals surface area (Å²) in [6.07, 6.45) is 6.62. The van der Waals surface area contributed by atoms with Crippen molar-refractivity contribution in [3.8, 4) is 0 Å². The number of pyridine rings is 1. The summed E-state index contributed by atoms with van der Waals surface area (Å²) in [5, 5.41) is 5.74. The standard InChI is InChI=1S/C19H30N4O2/c1-4-14-7-10-17(21-11-14)13-23(3)19(25)22-12-15-5-8-16(9-6-15)18(24)20-2/h7,10-11,15-16H,4-6,8-9,12-13H2,1-3H3,(H,20,24)(H,22,25). The van der Waals surface area contributed by atoms with E-state index in [2.05, 4.69) is 28.6 Å². The fourth-order valence-corrected chi connectivity index (χ4v) is 3.27. The smallest absolute Gasteiger partial charge is 0.317 e. The van der Waals surface area contributed by atoms with Gasteiger partial charge in [-0.05, 0) is 49.7 Å². The van der Waals surface area contributed by atoms with Crippen molar-refractivity contribution in [2.24, 2.45) is 11.8 Å². The van der Waals surface area contributed by atoms with Crippen LogP contribution in [0, 0.1) is 11.8 Å². The molecule has 2 rings (SSSR count). The van der Waals surface area contributed by atoms with Crippen LogP contribution < -0.4 is 10.6 Å². The molecule has 0 bridgehead atoms. The van der Waals surface area contributed by atoms with Gasteiger partial charge in [-0.2, -0.15) is 0 Å². The summed E-state index contributed by atoms with van der Waals surface area (Å²) < 4.78 is 0. The monoisotopic (exact) mass is 346 g/mol. The normalized spacial score (nSPS) is 20.0. The van der Waals surface area contributed by atoms with Crippen molar-refractivity contribution < 1.29 is 9.59 Å². The van der Waals surface area contributed by atoms with E-state index < -0.39 is 0 Å². The second-order valence-corrected chi connectivity index (χ2v) is 6.89. The van der Waals surface area contributed by atoms with Crippen molar-refractivity contribution in [2.75, 3.05) is 20.6 Å². The van der Waals surface area contributed by atoms with E-state index in [-0.39, 0.29) is 17.9 Å². The molecule has 0 radical (unpaired) electrons. The minimum atomic E-state index is -0.0743. The Balaban J connectivity index is 1.71. The lowest BCUT2D eigenvalue weighted by Crippen LogP contribution is -2.40. The minimum absolute atomic E-state index is 0.0743. The van der Waals surface area contributed by atoms with E-state index in [1.54, 1.807) is 19.0 Å². The maximum absolute atomic E-state index is 12.3. The molecule has 0 unspecified atom stereocenters. The van der Waals surface area contributed by atoms with Crippen LogP contribution in [0.25, 0.3) is 0 Å². The van der Waals surface area contributed by atoms with Crippen LogP contribution in [0.1, 0.15) is 43.9 Å². The number of rotatable bonds is 6. The van der Waals surface area contributed by atoms with E-state index in [4.69, 9.17) is 0 Å². The van der Waals surface area contributed by atoms with Crippen molar-refractivity contribution in [1.29, 1.82) is 0 Å². The highest BCUT2D eigenvalue weighted by atomic mass is 16.2. The maximum Gasteiger partial charge on any atom is 0.317 e. The molecule has 1 aliphatic carbocycles. The first-order valence-electron chi connectivity index (χ1n) is 9.17. The highest BCUT2D eigenvalue weighted by molar-refractivity contribution is 5.78. The number of nitrogens with one attached hydrogen (secondary N) is 2. The zero-order valence-electron chi connectivity index (χ0n) is 15.5. The molecule has 1 aromatic rings. The highest BCUT2D eigenvalue weighted by Gasteiger charge is 2.26. The lowest BCUT2D eigenvalue weighted by atomic mass is 9.81. The predicted molar refractivity (Wildman–Crippen MR) is 98.0 cm³/mol. The number of carbonyl (C=O) groups excluding carboxylic acids is 2. The molecule has 1 aliphatic rings. The van der Waals surface area contributed by atoms with Gasteiger partial charge in [-0.1, -0.05) is 13.0 Å². The molecule has 0 aliphatic heterocycles. The molecule has 1 aromatic heterocycles. The number of aryl methyl sites for hydroxylation is 1. The summed E-state index contributed by atoms with van der Waals surface area (Å²) in [5.41, 5.74) is 2.09. The molecule has 0 aromatic carbocycles. The predicted octanol–water partition coefficient (Wildman–Crippen LogP) is 2.34. The molecule has 6 nitrogen and oxygen atoms in total. The molecule has 6 heteroatoms. The van der Waals surface area contributed by atoms with Gasteiger partial charge in [0.1, 0.15) is 0 Å². The number of amides is 3. The Morgan fingerprint density at radius 2 is 1.96 bits per heavy atom. The summed E-state index contributed by atoms with van der Waals surface area (Å²) in [4.78, 5) is 30.0. The van der Waals surface area contributed by atoms with Gasteiger partial charge in [-0.25, -0.2) is 4.79 Å². The van der Waals surface area contributed by atoms with E-state index in [9.17, 15) is 9.59 Å². The van der Waals surface area contributed by atoms with E-state index in [0.29, 0.717) is 19.0 Å². The molecular weight excluding hydrogens is 316 g/mol. The fraction of sp³-hybridized carbons (Fsp3) is 0.632. The van der Waals surface area contributed by atoms with Crippen LogP contribution in [-0.4, -0.2) is 42.5 Å². The van der Waals surface area contributed by atoms with Crippen LogP contribution in [0.2, 0.25) is 0 Å². The van der Waals surface area contributed by atoms with Crippen molar-refractivity contribution in [3.05, 3.63) is 29.6 Å². The Kier molecular flexibility index (Phi) is 7.22. The Morgan fingerprint density at radius 1 is 1.24 bits per heavy atom. The van der Waals surface area contributed by atoms with Crippen LogP contribution >= 0.6 is 0 Å². The van der Waals surface area contributed by atoms with Crippen molar-refractivity contribution in [3.63, 3.8) is 0 Å². The summed E-state index contributed by atoms with van der Waals surface area (Å²) in [6, 6.07) is 3.96. The van der Waals surface area contributed by atoms with Crippen LogP contribution in [0.3, 0.4) is 0 Å². The van der Waals surface area contributed by atoms with Crippen molar-refractivity contribution in [1.82, 2.24) is 20.5 Å². The van der Waals surface area contributed by atoms with Gasteiger partial charge < -0.3 is 15.5 Å². The average Bonchev–Trinajstić information content (AvgIpc) is 2.66. The van der Waals surface area contributed by atoms with Gasteiger partial charge in [-0.3, -0.25) is 9.78 Å². The first-order chi connectivity index (χ1) is 12.0. The first kappa shape index (κ1) is 19.2. The molecule has 0 atom stereocenters. The lowest BCUT2D eigenvalue weighted by Gasteiger charge is -2.28. The molecule has 1 saturated carbocycles. The van der Waals surface area contributed by atoms with Gasteiger partial charge in [-0.15, -0.1) is 0 Å². The Bertz CT molecular complexity index is 565. The molecule has 138 valence electrons. The van der Waals surface area contributed by atoms with Gasteiger partial charge in [0.25, 0.3) is 0 Å². The van der Waals surface area contributed by atoms with Gasteiger partial charge >= 0.3 is 6.03 Å². The number of hydrogen-bond donors (Lipinski definition) is 2. The van der Waals surface area contributed by atoms with E-state index in [1.165, 1.54) is 5.56 Å². The molecule has 25 heavy (non-hydrogen) atoms. The minimum Gasteiger partial charge on any atom is -0.359 e. The molecule has 2 N–H and O–H groups in total. The van der Waals surface area contributed by atoms with Gasteiger partial charge in [0.15, 0.2) is 0 Å². The van der Waals surface area contributed by atoms with E-state index in [0.717, 1.165) is 37.8 Å².